The molecule has 156 valence electrons. The third-order valence-corrected chi connectivity index (χ3v) is 4.47. The van der Waals surface area contributed by atoms with Crippen molar-refractivity contribution in [2.75, 3.05) is 33.7 Å². The first-order chi connectivity index (χ1) is 13.9. The van der Waals surface area contributed by atoms with E-state index in [2.05, 4.69) is 0 Å². The van der Waals surface area contributed by atoms with Gasteiger partial charge in [0.2, 0.25) is 5.75 Å². The molecular formula is C23H29NO5. The Bertz CT molecular complexity index is 877. The number of ketones is 1. The molecule has 0 atom stereocenters. The number of benzene rings is 2. The summed E-state index contributed by atoms with van der Waals surface area (Å²) in [5.74, 6) is 2.03. The van der Waals surface area contributed by atoms with Gasteiger partial charge in [-0.15, -0.1) is 0 Å². The van der Waals surface area contributed by atoms with Crippen LogP contribution in [0.1, 0.15) is 36.7 Å². The topological polar surface area (TPSA) is 80.0 Å². The van der Waals surface area contributed by atoms with E-state index in [4.69, 9.17) is 24.7 Å². The molecule has 2 aromatic carbocycles. The smallest absolute Gasteiger partial charge is 0.203 e. The van der Waals surface area contributed by atoms with E-state index in [1.165, 1.54) is 0 Å². The number of ether oxygens (including phenoxy) is 4. The molecule has 0 aromatic heterocycles. The number of carbonyl (C=O) groups is 1. The van der Waals surface area contributed by atoms with Crippen LogP contribution in [0, 0.1) is 5.92 Å². The number of anilines is 1. The molecule has 0 aliphatic heterocycles. The first-order valence-corrected chi connectivity index (χ1v) is 9.44. The van der Waals surface area contributed by atoms with Crippen molar-refractivity contribution in [3.05, 3.63) is 47.0 Å². The predicted molar refractivity (Wildman–Crippen MR) is 115 cm³/mol. The molecule has 0 amide bonds. The van der Waals surface area contributed by atoms with Gasteiger partial charge in [0, 0.05) is 11.1 Å². The summed E-state index contributed by atoms with van der Waals surface area (Å²) in [6.07, 6.45) is 1.84. The lowest BCUT2D eigenvalue weighted by atomic mass is 9.92. The number of nitrogens with two attached hydrogens (primary N) is 1. The van der Waals surface area contributed by atoms with Crippen LogP contribution in [0.4, 0.5) is 5.69 Å². The zero-order chi connectivity index (χ0) is 21.6. The molecule has 0 saturated carbocycles. The van der Waals surface area contributed by atoms with Crippen molar-refractivity contribution in [3.8, 4) is 23.0 Å². The van der Waals surface area contributed by atoms with Crippen molar-refractivity contribution in [2.24, 2.45) is 5.92 Å². The Morgan fingerprint density at radius 1 is 1.00 bits per heavy atom. The predicted octanol–water partition coefficient (Wildman–Crippen LogP) is 4.62. The first-order valence-electron chi connectivity index (χ1n) is 9.44. The molecule has 2 aromatic rings. The Kier molecular flexibility index (Phi) is 7.53. The van der Waals surface area contributed by atoms with Crippen LogP contribution in [-0.4, -0.2) is 33.7 Å². The van der Waals surface area contributed by atoms with Crippen LogP contribution in [-0.2, 0) is 0 Å². The van der Waals surface area contributed by atoms with Gasteiger partial charge in [-0.3, -0.25) is 4.79 Å². The number of methoxy groups -OCH3 is 3. The Balaban J connectivity index is 2.50. The molecule has 0 spiro atoms. The molecular weight excluding hydrogens is 370 g/mol. The summed E-state index contributed by atoms with van der Waals surface area (Å²) in [6, 6.07) is 8.73. The molecule has 0 unspecified atom stereocenters. The maximum absolute atomic E-state index is 13.2. The fourth-order valence-electron chi connectivity index (χ4n) is 3.00. The molecule has 6 nitrogen and oxygen atoms in total. The van der Waals surface area contributed by atoms with Crippen molar-refractivity contribution >= 4 is 17.5 Å². The van der Waals surface area contributed by atoms with Crippen molar-refractivity contribution in [1.29, 1.82) is 0 Å². The second-order valence-electron chi connectivity index (χ2n) is 6.73. The van der Waals surface area contributed by atoms with Crippen molar-refractivity contribution in [1.82, 2.24) is 0 Å². The Labute approximate surface area is 172 Å². The molecule has 0 heterocycles. The summed E-state index contributed by atoms with van der Waals surface area (Å²) >= 11 is 0. The lowest BCUT2D eigenvalue weighted by Gasteiger charge is -2.15. The van der Waals surface area contributed by atoms with Crippen molar-refractivity contribution < 1.29 is 23.7 Å². The van der Waals surface area contributed by atoms with Crippen LogP contribution in [0.3, 0.4) is 0 Å². The summed E-state index contributed by atoms with van der Waals surface area (Å²) in [4.78, 5) is 13.2. The Morgan fingerprint density at radius 3 is 2.07 bits per heavy atom. The molecule has 29 heavy (non-hydrogen) atoms. The highest BCUT2D eigenvalue weighted by atomic mass is 16.5. The van der Waals surface area contributed by atoms with Gasteiger partial charge >= 0.3 is 0 Å². The minimum atomic E-state index is -0.0940. The van der Waals surface area contributed by atoms with Gasteiger partial charge in [-0.2, -0.15) is 0 Å². The zero-order valence-electron chi connectivity index (χ0n) is 17.9. The normalized spacial score (nSPS) is 11.3. The maximum atomic E-state index is 13.2. The number of allylic oxidation sites excluding steroid dienone is 1. The van der Waals surface area contributed by atoms with Crippen LogP contribution in [0.2, 0.25) is 0 Å². The van der Waals surface area contributed by atoms with E-state index in [0.29, 0.717) is 46.4 Å². The van der Waals surface area contributed by atoms with E-state index < -0.39 is 0 Å². The number of carbonyl (C=O) groups excluding carboxylic acids is 1. The van der Waals surface area contributed by atoms with Gasteiger partial charge in [-0.25, -0.2) is 0 Å². The summed E-state index contributed by atoms with van der Waals surface area (Å²) in [5.41, 5.74) is 8.40. The first kappa shape index (κ1) is 22.1. The van der Waals surface area contributed by atoms with E-state index >= 15 is 0 Å². The lowest BCUT2D eigenvalue weighted by Crippen LogP contribution is -2.10. The van der Waals surface area contributed by atoms with E-state index in [1.807, 2.05) is 39.0 Å². The molecule has 0 bridgehead atoms. The number of Topliss-reactive ketones (excluding diaryl/α,β-unsaturated/α-hetero) is 1. The van der Waals surface area contributed by atoms with Crippen LogP contribution in [0.15, 0.2) is 35.9 Å². The van der Waals surface area contributed by atoms with Crippen LogP contribution >= 0.6 is 0 Å². The third-order valence-electron chi connectivity index (χ3n) is 4.47. The number of hydrogen-bond acceptors (Lipinski definition) is 6. The monoisotopic (exact) mass is 399 g/mol. The second kappa shape index (κ2) is 9.87. The largest absolute Gasteiger partial charge is 0.493 e. The van der Waals surface area contributed by atoms with E-state index in [9.17, 15) is 4.79 Å². The third kappa shape index (κ3) is 5.02. The summed E-state index contributed by atoms with van der Waals surface area (Å²) in [7, 11) is 4.67. The lowest BCUT2D eigenvalue weighted by molar-refractivity contribution is 0.102. The van der Waals surface area contributed by atoms with Gasteiger partial charge in [-0.05, 0) is 54.8 Å². The van der Waals surface area contributed by atoms with Gasteiger partial charge in [-0.1, -0.05) is 13.8 Å². The van der Waals surface area contributed by atoms with E-state index in [1.54, 1.807) is 39.5 Å². The van der Waals surface area contributed by atoms with E-state index in [-0.39, 0.29) is 11.7 Å². The molecule has 0 radical (unpaired) electrons. The highest BCUT2D eigenvalue weighted by Crippen LogP contribution is 2.39. The highest BCUT2D eigenvalue weighted by molar-refractivity contribution is 6.12. The minimum Gasteiger partial charge on any atom is -0.493 e. The average molecular weight is 399 g/mol. The fraction of sp³-hybridized carbons (Fsp3) is 0.348. The fourth-order valence-corrected chi connectivity index (χ4v) is 3.00. The molecule has 0 saturated heterocycles. The molecule has 0 fully saturated rings. The van der Waals surface area contributed by atoms with Crippen LogP contribution < -0.4 is 24.7 Å². The minimum absolute atomic E-state index is 0.00520. The van der Waals surface area contributed by atoms with Gasteiger partial charge < -0.3 is 24.7 Å². The number of rotatable bonds is 9. The van der Waals surface area contributed by atoms with Crippen molar-refractivity contribution in [2.45, 2.75) is 20.8 Å². The molecule has 6 heteroatoms. The maximum Gasteiger partial charge on any atom is 0.203 e. The zero-order valence-corrected chi connectivity index (χ0v) is 17.9. The molecule has 0 aliphatic carbocycles. The van der Waals surface area contributed by atoms with Crippen molar-refractivity contribution in [3.63, 3.8) is 0 Å². The summed E-state index contributed by atoms with van der Waals surface area (Å²) in [5, 5.41) is 0. The van der Waals surface area contributed by atoms with Gasteiger partial charge in [0.1, 0.15) is 5.75 Å². The van der Waals surface area contributed by atoms with Crippen LogP contribution in [0.5, 0.6) is 23.0 Å². The Hall–Kier alpha value is -3.15. The summed E-state index contributed by atoms with van der Waals surface area (Å²) in [6.45, 7) is 6.34. The quantitative estimate of drug-likeness (QED) is 0.377. The van der Waals surface area contributed by atoms with Crippen LogP contribution in [0.25, 0.3) is 6.08 Å². The second-order valence-corrected chi connectivity index (χ2v) is 6.73. The number of hydrogen-bond donors (Lipinski definition) is 1. The molecule has 2 N–H and O–H groups in total. The molecule has 0 aliphatic rings. The Morgan fingerprint density at radius 2 is 1.62 bits per heavy atom. The number of nitrogen functional groups attached to an aromatic ring is 1. The van der Waals surface area contributed by atoms with Gasteiger partial charge in [0.25, 0.3) is 0 Å². The summed E-state index contributed by atoms with van der Waals surface area (Å²) < 4.78 is 21.6. The standard InChI is InChI=1S/C23H29NO5/c1-7-29-19-9-8-16(13-18(19)24)22(25)17(14(2)3)10-15-11-20(26-4)23(28-6)21(12-15)27-5/h8-14H,7,24H2,1-6H3. The molecule has 2 rings (SSSR count). The van der Waals surface area contributed by atoms with Gasteiger partial charge in [0.05, 0.1) is 33.6 Å². The van der Waals surface area contributed by atoms with E-state index in [0.717, 1.165) is 5.56 Å². The van der Waals surface area contributed by atoms with Gasteiger partial charge in [0.15, 0.2) is 17.3 Å². The average Bonchev–Trinajstić information content (AvgIpc) is 2.71. The highest BCUT2D eigenvalue weighted by Gasteiger charge is 2.19. The SMILES string of the molecule is CCOc1ccc(C(=O)C(=Cc2cc(OC)c(OC)c(OC)c2)C(C)C)cc1N.